The van der Waals surface area contributed by atoms with Gasteiger partial charge in [-0.15, -0.1) is 0 Å². The molecule has 0 aliphatic carbocycles. The average molecular weight is 475 g/mol. The SMILES string of the molecule is Cn1cc(-c2cc(Oc3cccc(NC(=O)c4ccccc4C(=O)c4ccccc4)c3)ccn2)cn1. The molecule has 5 rings (SSSR count). The van der Waals surface area contributed by atoms with Crippen molar-refractivity contribution in [2.75, 3.05) is 5.32 Å². The van der Waals surface area contributed by atoms with Gasteiger partial charge in [-0.1, -0.05) is 54.6 Å². The minimum absolute atomic E-state index is 0.208. The number of ether oxygens (including phenoxy) is 1. The molecule has 0 atom stereocenters. The number of carbonyl (C=O) groups excluding carboxylic acids is 2. The first-order chi connectivity index (χ1) is 17.6. The number of ketones is 1. The van der Waals surface area contributed by atoms with Gasteiger partial charge >= 0.3 is 0 Å². The van der Waals surface area contributed by atoms with Gasteiger partial charge in [-0.05, 0) is 24.3 Å². The van der Waals surface area contributed by atoms with Gasteiger partial charge in [0, 0.05) is 54.0 Å². The van der Waals surface area contributed by atoms with Crippen molar-refractivity contribution in [1.29, 1.82) is 0 Å². The normalized spacial score (nSPS) is 10.6. The van der Waals surface area contributed by atoms with Crippen molar-refractivity contribution in [3.8, 4) is 22.8 Å². The quantitative estimate of drug-likeness (QED) is 0.303. The Labute approximate surface area is 208 Å². The van der Waals surface area contributed by atoms with Crippen LogP contribution in [0.3, 0.4) is 0 Å². The van der Waals surface area contributed by atoms with Crippen LogP contribution in [0, 0.1) is 0 Å². The van der Waals surface area contributed by atoms with Crippen molar-refractivity contribution in [3.63, 3.8) is 0 Å². The van der Waals surface area contributed by atoms with Crippen LogP contribution in [0.15, 0.2) is 110 Å². The zero-order chi connectivity index (χ0) is 24.9. The Kier molecular flexibility index (Phi) is 6.36. The molecular weight excluding hydrogens is 452 g/mol. The zero-order valence-corrected chi connectivity index (χ0v) is 19.5. The average Bonchev–Trinajstić information content (AvgIpc) is 3.35. The molecule has 0 saturated heterocycles. The number of pyridine rings is 1. The van der Waals surface area contributed by atoms with Gasteiger partial charge in [0.2, 0.25) is 0 Å². The van der Waals surface area contributed by atoms with Crippen LogP contribution in [0.5, 0.6) is 11.5 Å². The highest BCUT2D eigenvalue weighted by molar-refractivity contribution is 6.17. The molecule has 0 fully saturated rings. The molecule has 0 aliphatic heterocycles. The summed E-state index contributed by atoms with van der Waals surface area (Å²) in [5, 5.41) is 7.06. The van der Waals surface area contributed by atoms with E-state index in [0.29, 0.717) is 33.9 Å². The predicted molar refractivity (Wildman–Crippen MR) is 137 cm³/mol. The Morgan fingerprint density at radius 2 is 1.58 bits per heavy atom. The fourth-order valence-electron chi connectivity index (χ4n) is 3.78. The molecule has 2 aromatic heterocycles. The first-order valence-electron chi connectivity index (χ1n) is 11.3. The minimum atomic E-state index is -0.380. The second kappa shape index (κ2) is 10.1. The maximum Gasteiger partial charge on any atom is 0.256 e. The van der Waals surface area contributed by atoms with E-state index in [0.717, 1.165) is 11.3 Å². The van der Waals surface area contributed by atoms with Crippen LogP contribution in [0.25, 0.3) is 11.3 Å². The van der Waals surface area contributed by atoms with Crippen molar-refractivity contribution >= 4 is 17.4 Å². The Bertz CT molecular complexity index is 1540. The van der Waals surface area contributed by atoms with E-state index < -0.39 is 0 Å². The van der Waals surface area contributed by atoms with Crippen molar-refractivity contribution in [3.05, 3.63) is 126 Å². The summed E-state index contributed by atoms with van der Waals surface area (Å²) in [6.45, 7) is 0. The molecule has 36 heavy (non-hydrogen) atoms. The van der Waals surface area contributed by atoms with Crippen LogP contribution in [-0.2, 0) is 7.05 Å². The van der Waals surface area contributed by atoms with Gasteiger partial charge in [0.25, 0.3) is 5.91 Å². The maximum absolute atomic E-state index is 13.1. The van der Waals surface area contributed by atoms with Gasteiger partial charge in [0.1, 0.15) is 11.5 Å². The van der Waals surface area contributed by atoms with Gasteiger partial charge in [0.15, 0.2) is 5.78 Å². The Balaban J connectivity index is 1.34. The van der Waals surface area contributed by atoms with E-state index in [1.807, 2.05) is 25.4 Å². The summed E-state index contributed by atoms with van der Waals surface area (Å²) in [5.41, 5.74) is 3.33. The third kappa shape index (κ3) is 5.05. The van der Waals surface area contributed by atoms with E-state index in [2.05, 4.69) is 15.4 Å². The summed E-state index contributed by atoms with van der Waals surface area (Å²) in [6.07, 6.45) is 5.29. The number of carbonyl (C=O) groups is 2. The second-order valence-corrected chi connectivity index (χ2v) is 8.10. The van der Waals surface area contributed by atoms with Crippen molar-refractivity contribution in [2.24, 2.45) is 7.05 Å². The van der Waals surface area contributed by atoms with Crippen LogP contribution in [0.2, 0.25) is 0 Å². The van der Waals surface area contributed by atoms with Crippen molar-refractivity contribution in [1.82, 2.24) is 14.8 Å². The van der Waals surface area contributed by atoms with Gasteiger partial charge in [-0.2, -0.15) is 5.10 Å². The molecule has 7 heteroatoms. The lowest BCUT2D eigenvalue weighted by atomic mass is 9.98. The maximum atomic E-state index is 13.1. The molecular formula is C29H22N4O3. The Hall–Kier alpha value is -5.04. The molecule has 0 unspecified atom stereocenters. The molecule has 0 aliphatic rings. The molecule has 3 aromatic carbocycles. The fourth-order valence-corrected chi connectivity index (χ4v) is 3.78. The Morgan fingerprint density at radius 3 is 2.36 bits per heavy atom. The predicted octanol–water partition coefficient (Wildman–Crippen LogP) is 5.76. The number of anilines is 1. The van der Waals surface area contributed by atoms with E-state index >= 15 is 0 Å². The van der Waals surface area contributed by atoms with Crippen LogP contribution < -0.4 is 10.1 Å². The smallest absolute Gasteiger partial charge is 0.256 e. The molecule has 5 aromatic rings. The van der Waals surface area contributed by atoms with E-state index in [1.54, 1.807) is 95.9 Å². The number of hydrogen-bond donors (Lipinski definition) is 1. The zero-order valence-electron chi connectivity index (χ0n) is 19.5. The first-order valence-corrected chi connectivity index (χ1v) is 11.3. The summed E-state index contributed by atoms with van der Waals surface area (Å²) in [5.74, 6) is 0.561. The molecule has 0 radical (unpaired) electrons. The van der Waals surface area contributed by atoms with Gasteiger partial charge in [0.05, 0.1) is 17.5 Å². The molecule has 1 amide bonds. The van der Waals surface area contributed by atoms with E-state index in [9.17, 15) is 9.59 Å². The van der Waals surface area contributed by atoms with E-state index in [1.165, 1.54) is 0 Å². The number of rotatable bonds is 7. The van der Waals surface area contributed by atoms with Crippen LogP contribution >= 0.6 is 0 Å². The summed E-state index contributed by atoms with van der Waals surface area (Å²) in [4.78, 5) is 30.5. The topological polar surface area (TPSA) is 86.1 Å². The standard InChI is InChI=1S/C29H22N4O3/c1-33-19-21(18-31-33)27-17-24(14-15-30-27)36-23-11-7-10-22(16-23)32-29(35)26-13-6-5-12-25(26)28(34)20-8-3-2-4-9-20/h2-19H,1H3,(H,32,35). The minimum Gasteiger partial charge on any atom is -0.457 e. The molecule has 176 valence electrons. The summed E-state index contributed by atoms with van der Waals surface area (Å²) in [7, 11) is 1.85. The van der Waals surface area contributed by atoms with Crippen molar-refractivity contribution in [2.45, 2.75) is 0 Å². The number of benzene rings is 3. The largest absolute Gasteiger partial charge is 0.457 e. The lowest BCUT2D eigenvalue weighted by Crippen LogP contribution is -2.17. The molecule has 0 spiro atoms. The van der Waals surface area contributed by atoms with Gasteiger partial charge in [-0.25, -0.2) is 0 Å². The van der Waals surface area contributed by atoms with Crippen LogP contribution in [-0.4, -0.2) is 26.5 Å². The number of nitrogens with zero attached hydrogens (tertiary/aromatic N) is 3. The highest BCUT2D eigenvalue weighted by Gasteiger charge is 2.18. The van der Waals surface area contributed by atoms with E-state index in [4.69, 9.17) is 4.74 Å². The number of aromatic nitrogens is 3. The first kappa shape index (κ1) is 22.7. The highest BCUT2D eigenvalue weighted by Crippen LogP contribution is 2.27. The van der Waals surface area contributed by atoms with Gasteiger partial charge in [-0.3, -0.25) is 19.3 Å². The number of aryl methyl sites for hydroxylation is 1. The highest BCUT2D eigenvalue weighted by atomic mass is 16.5. The number of nitrogens with one attached hydrogen (secondary N) is 1. The molecule has 0 saturated carbocycles. The fraction of sp³-hybridized carbons (Fsp3) is 0.0345. The third-order valence-corrected chi connectivity index (χ3v) is 5.51. The number of hydrogen-bond acceptors (Lipinski definition) is 5. The summed E-state index contributed by atoms with van der Waals surface area (Å²) < 4.78 is 7.73. The molecule has 1 N–H and O–H groups in total. The second-order valence-electron chi connectivity index (χ2n) is 8.10. The van der Waals surface area contributed by atoms with E-state index in [-0.39, 0.29) is 11.7 Å². The van der Waals surface area contributed by atoms with Crippen LogP contribution in [0.4, 0.5) is 5.69 Å². The summed E-state index contributed by atoms with van der Waals surface area (Å²) >= 11 is 0. The van der Waals surface area contributed by atoms with Crippen molar-refractivity contribution < 1.29 is 14.3 Å². The third-order valence-electron chi connectivity index (χ3n) is 5.51. The monoisotopic (exact) mass is 474 g/mol. The number of amides is 1. The Morgan fingerprint density at radius 1 is 0.833 bits per heavy atom. The lowest BCUT2D eigenvalue weighted by molar-refractivity contribution is 0.0996. The summed E-state index contributed by atoms with van der Waals surface area (Å²) in [6, 6.07) is 26.3. The lowest BCUT2D eigenvalue weighted by Gasteiger charge is -2.11. The molecule has 0 bridgehead atoms. The van der Waals surface area contributed by atoms with Gasteiger partial charge < -0.3 is 10.1 Å². The molecule has 2 heterocycles. The van der Waals surface area contributed by atoms with Crippen LogP contribution in [0.1, 0.15) is 26.3 Å². The molecule has 7 nitrogen and oxygen atoms in total.